The summed E-state index contributed by atoms with van der Waals surface area (Å²) in [6.45, 7) is 6.16. The topological polar surface area (TPSA) is 83.8 Å². The molecule has 28 heavy (non-hydrogen) atoms. The van der Waals surface area contributed by atoms with Crippen LogP contribution in [0.5, 0.6) is 5.75 Å². The molecule has 1 amide bonds. The maximum absolute atomic E-state index is 12.8. The van der Waals surface area contributed by atoms with Crippen molar-refractivity contribution in [2.24, 2.45) is 0 Å². The molecular formula is C21H29N3O4. The Labute approximate surface area is 166 Å². The number of likely N-dealkylation sites (tertiary alicyclic amines) is 1. The Morgan fingerprint density at radius 1 is 1.25 bits per heavy atom. The Balaban J connectivity index is 1.47. The van der Waals surface area contributed by atoms with Crippen molar-refractivity contribution in [3.8, 4) is 11.8 Å². The van der Waals surface area contributed by atoms with Crippen LogP contribution in [0, 0.1) is 11.3 Å². The van der Waals surface area contributed by atoms with E-state index < -0.39 is 0 Å². The Hall–Kier alpha value is -2.14. The highest BCUT2D eigenvalue weighted by Gasteiger charge is 2.34. The fourth-order valence-corrected chi connectivity index (χ4v) is 3.70. The third kappa shape index (κ3) is 5.22. The second kappa shape index (κ2) is 10.4. The number of carbonyl (C=O) groups is 1. The van der Waals surface area contributed by atoms with Crippen LogP contribution < -0.4 is 10.1 Å². The quantitative estimate of drug-likeness (QED) is 0.649. The number of fused-ring (bicyclic) bond motifs is 1. The molecule has 0 radical (unpaired) electrons. The monoisotopic (exact) mass is 387 g/mol. The molecule has 7 heteroatoms. The van der Waals surface area contributed by atoms with Crippen molar-refractivity contribution in [3.63, 3.8) is 0 Å². The van der Waals surface area contributed by atoms with Crippen LogP contribution in [-0.4, -0.2) is 62.5 Å². The molecule has 0 saturated carbocycles. The highest BCUT2D eigenvalue weighted by molar-refractivity contribution is 5.83. The van der Waals surface area contributed by atoms with Crippen molar-refractivity contribution in [3.05, 3.63) is 29.3 Å². The first-order chi connectivity index (χ1) is 13.7. The van der Waals surface area contributed by atoms with E-state index in [1.54, 1.807) is 4.90 Å². The Kier molecular flexibility index (Phi) is 7.66. The van der Waals surface area contributed by atoms with Gasteiger partial charge in [0.2, 0.25) is 5.91 Å². The lowest BCUT2D eigenvalue weighted by Gasteiger charge is -2.30. The summed E-state index contributed by atoms with van der Waals surface area (Å²) in [7, 11) is 0. The fraction of sp³-hybridized carbons (Fsp3) is 0.619. The van der Waals surface area contributed by atoms with Crippen molar-refractivity contribution in [1.29, 1.82) is 5.26 Å². The molecule has 2 aliphatic rings. The van der Waals surface area contributed by atoms with Gasteiger partial charge in [-0.1, -0.05) is 6.07 Å². The van der Waals surface area contributed by atoms with Gasteiger partial charge in [-0.3, -0.25) is 4.79 Å². The molecule has 7 nitrogen and oxygen atoms in total. The minimum atomic E-state index is -0.276. The van der Waals surface area contributed by atoms with E-state index in [4.69, 9.17) is 14.2 Å². The summed E-state index contributed by atoms with van der Waals surface area (Å²) < 4.78 is 16.4. The highest BCUT2D eigenvalue weighted by atomic mass is 16.5. The number of carbonyl (C=O) groups excluding carboxylic acids is 1. The lowest BCUT2D eigenvalue weighted by Crippen LogP contribution is -2.50. The van der Waals surface area contributed by atoms with Gasteiger partial charge in [-0.2, -0.15) is 5.26 Å². The zero-order valence-electron chi connectivity index (χ0n) is 16.5. The smallest absolute Gasteiger partial charge is 0.241 e. The second-order valence-corrected chi connectivity index (χ2v) is 7.04. The summed E-state index contributed by atoms with van der Waals surface area (Å²) in [5.41, 5.74) is 2.31. The molecule has 1 aromatic carbocycles. The van der Waals surface area contributed by atoms with Crippen molar-refractivity contribution in [1.82, 2.24) is 10.2 Å². The Morgan fingerprint density at radius 3 is 2.89 bits per heavy atom. The molecule has 0 spiro atoms. The molecule has 1 N–H and O–H groups in total. The van der Waals surface area contributed by atoms with E-state index in [1.807, 2.05) is 25.1 Å². The van der Waals surface area contributed by atoms with E-state index >= 15 is 0 Å². The van der Waals surface area contributed by atoms with Gasteiger partial charge < -0.3 is 24.4 Å². The Morgan fingerprint density at radius 2 is 2.07 bits per heavy atom. The number of ether oxygens (including phenoxy) is 3. The highest BCUT2D eigenvalue weighted by Crippen LogP contribution is 2.25. The van der Waals surface area contributed by atoms with E-state index in [-0.39, 0.29) is 18.0 Å². The van der Waals surface area contributed by atoms with Gasteiger partial charge in [0.15, 0.2) is 0 Å². The summed E-state index contributed by atoms with van der Waals surface area (Å²) in [6, 6.07) is 7.71. The zero-order chi connectivity index (χ0) is 19.8. The molecule has 2 heterocycles. The van der Waals surface area contributed by atoms with Gasteiger partial charge in [0.1, 0.15) is 18.4 Å². The van der Waals surface area contributed by atoms with Gasteiger partial charge >= 0.3 is 0 Å². The summed E-state index contributed by atoms with van der Waals surface area (Å²) >= 11 is 0. The average molecular weight is 387 g/mol. The third-order valence-corrected chi connectivity index (χ3v) is 5.20. The maximum atomic E-state index is 12.8. The molecule has 3 rings (SSSR count). The van der Waals surface area contributed by atoms with Crippen LogP contribution >= 0.6 is 0 Å². The van der Waals surface area contributed by atoms with Gasteiger partial charge in [-0.05, 0) is 49.4 Å². The van der Waals surface area contributed by atoms with Gasteiger partial charge in [0.05, 0.1) is 31.9 Å². The van der Waals surface area contributed by atoms with Crippen molar-refractivity contribution < 1.29 is 19.0 Å². The molecule has 0 bridgehead atoms. The number of nitrogens with one attached hydrogen (secondary N) is 1. The van der Waals surface area contributed by atoms with E-state index in [0.717, 1.165) is 29.7 Å². The first-order valence-electron chi connectivity index (χ1n) is 10.1. The number of nitriles is 1. The van der Waals surface area contributed by atoms with Crippen LogP contribution in [0.3, 0.4) is 0 Å². The van der Waals surface area contributed by atoms with E-state index in [1.165, 1.54) is 0 Å². The van der Waals surface area contributed by atoms with E-state index in [2.05, 4.69) is 11.4 Å². The fourth-order valence-electron chi connectivity index (χ4n) is 3.70. The van der Waals surface area contributed by atoms with Gasteiger partial charge in [-0.15, -0.1) is 0 Å². The average Bonchev–Trinajstić information content (AvgIpc) is 3.21. The maximum Gasteiger partial charge on any atom is 0.241 e. The molecule has 0 aromatic heterocycles. The number of nitrogens with zero attached hydrogens (tertiary/aromatic N) is 2. The molecule has 1 saturated heterocycles. The van der Waals surface area contributed by atoms with Crippen LogP contribution in [0.2, 0.25) is 0 Å². The predicted molar refractivity (Wildman–Crippen MR) is 104 cm³/mol. The minimum absolute atomic E-state index is 0.0410. The van der Waals surface area contributed by atoms with E-state index in [0.29, 0.717) is 52.5 Å². The van der Waals surface area contributed by atoms with Crippen molar-refractivity contribution in [2.75, 3.05) is 39.6 Å². The van der Waals surface area contributed by atoms with Gasteiger partial charge in [-0.25, -0.2) is 0 Å². The largest absolute Gasteiger partial charge is 0.491 e. The van der Waals surface area contributed by atoms with Crippen molar-refractivity contribution >= 4 is 5.91 Å². The van der Waals surface area contributed by atoms with Crippen LogP contribution in [0.15, 0.2) is 18.2 Å². The standard InChI is InChI=1S/C21H29N3O4/c1-2-26-8-9-27-10-11-28-19-6-5-16-13-20(23-15-17(16)12-19)21(25)24-7-3-4-18(24)14-22/h5-6,12,18,20,23H,2-4,7-11,13,15H2,1H3. The number of amides is 1. The number of benzene rings is 1. The lowest BCUT2D eigenvalue weighted by atomic mass is 9.94. The van der Waals surface area contributed by atoms with Gasteiger partial charge in [0, 0.05) is 19.7 Å². The second-order valence-electron chi connectivity index (χ2n) is 7.04. The minimum Gasteiger partial charge on any atom is -0.491 e. The van der Waals surface area contributed by atoms with Crippen LogP contribution in [0.25, 0.3) is 0 Å². The lowest BCUT2D eigenvalue weighted by molar-refractivity contribution is -0.133. The summed E-state index contributed by atoms with van der Waals surface area (Å²) in [4.78, 5) is 14.5. The first kappa shape index (κ1) is 20.6. The predicted octanol–water partition coefficient (Wildman–Crippen LogP) is 1.65. The molecule has 152 valence electrons. The number of rotatable bonds is 9. The molecule has 2 unspecified atom stereocenters. The zero-order valence-corrected chi connectivity index (χ0v) is 16.5. The number of hydrogen-bond donors (Lipinski definition) is 1. The first-order valence-corrected chi connectivity index (χ1v) is 10.1. The van der Waals surface area contributed by atoms with Crippen LogP contribution in [0.1, 0.15) is 30.9 Å². The third-order valence-electron chi connectivity index (χ3n) is 5.20. The molecule has 2 aliphatic heterocycles. The molecule has 1 aromatic rings. The van der Waals surface area contributed by atoms with Gasteiger partial charge in [0.25, 0.3) is 0 Å². The molecule has 2 atom stereocenters. The Bertz CT molecular complexity index is 703. The summed E-state index contributed by atoms with van der Waals surface area (Å²) in [6.07, 6.45) is 2.33. The molecular weight excluding hydrogens is 358 g/mol. The number of hydrogen-bond acceptors (Lipinski definition) is 6. The SMILES string of the molecule is CCOCCOCCOc1ccc2c(c1)CNC(C(=O)N1CCCC1C#N)C2. The van der Waals surface area contributed by atoms with E-state index in [9.17, 15) is 10.1 Å². The normalized spacial score (nSPS) is 21.2. The molecule has 1 fully saturated rings. The van der Waals surface area contributed by atoms with Crippen LogP contribution in [0.4, 0.5) is 0 Å². The summed E-state index contributed by atoms with van der Waals surface area (Å²) in [5, 5.41) is 12.5. The van der Waals surface area contributed by atoms with Crippen LogP contribution in [-0.2, 0) is 27.2 Å². The summed E-state index contributed by atoms with van der Waals surface area (Å²) in [5.74, 6) is 0.849. The molecule has 0 aliphatic carbocycles. The van der Waals surface area contributed by atoms with Crippen molar-refractivity contribution in [2.45, 2.75) is 44.8 Å².